The van der Waals surface area contributed by atoms with Gasteiger partial charge in [-0.1, -0.05) is 18.2 Å². The number of nitrogens with one attached hydrogen (secondary N) is 3. The fraction of sp³-hybridized carbons (Fsp3) is 0.167. The van der Waals surface area contributed by atoms with Gasteiger partial charge in [-0.25, -0.2) is 35.9 Å². The zero-order chi connectivity index (χ0) is 19.9. The van der Waals surface area contributed by atoms with Crippen LogP contribution in [-0.2, 0) is 0 Å². The minimum absolute atomic E-state index is 0.189. The molecule has 4 amide bonds. The van der Waals surface area contributed by atoms with Gasteiger partial charge in [0.2, 0.25) is 5.88 Å². The number of hydrazone groups is 2. The van der Waals surface area contributed by atoms with Gasteiger partial charge in [0, 0.05) is 17.8 Å². The number of carbonyl (C=O) groups is 2. The molecule has 0 radical (unpaired) electrons. The van der Waals surface area contributed by atoms with Crippen molar-refractivity contribution in [3.8, 4) is 11.6 Å². The van der Waals surface area contributed by atoms with E-state index >= 15 is 0 Å². The number of ether oxygens (including phenoxy) is 1. The summed E-state index contributed by atoms with van der Waals surface area (Å²) in [7, 11) is 0. The third-order valence-corrected chi connectivity index (χ3v) is 3.66. The van der Waals surface area contributed by atoms with Crippen molar-refractivity contribution in [3.05, 3.63) is 54.2 Å². The molecule has 1 aliphatic heterocycles. The summed E-state index contributed by atoms with van der Waals surface area (Å²) >= 11 is 0. The van der Waals surface area contributed by atoms with E-state index in [4.69, 9.17) is 4.74 Å². The number of pyridine rings is 1. The standard InChI is InChI=1S/C18H19N7O3/c1-12-11-25(18(27)23-20-12)24-17(26)22-21-13(2)14-8-9-16(19-10-14)28-15-6-4-3-5-7-15/h3-10H,11H2,1-2H3,(H,23,27)(H2,22,24,26)/b21-13+. The molecule has 10 nitrogen and oxygen atoms in total. The van der Waals surface area contributed by atoms with Gasteiger partial charge in [-0.05, 0) is 32.0 Å². The number of aromatic nitrogens is 1. The van der Waals surface area contributed by atoms with Crippen LogP contribution in [0.3, 0.4) is 0 Å². The highest BCUT2D eigenvalue weighted by Crippen LogP contribution is 2.18. The summed E-state index contributed by atoms with van der Waals surface area (Å²) in [5.41, 5.74) is 8.90. The first-order valence-corrected chi connectivity index (χ1v) is 8.42. The van der Waals surface area contributed by atoms with Gasteiger partial charge < -0.3 is 4.74 Å². The van der Waals surface area contributed by atoms with Gasteiger partial charge in [0.15, 0.2) is 0 Å². The van der Waals surface area contributed by atoms with Crippen molar-refractivity contribution in [2.24, 2.45) is 10.2 Å². The lowest BCUT2D eigenvalue weighted by atomic mass is 10.2. The van der Waals surface area contributed by atoms with Gasteiger partial charge in [0.25, 0.3) is 0 Å². The van der Waals surface area contributed by atoms with E-state index in [0.29, 0.717) is 28.6 Å². The van der Waals surface area contributed by atoms with Crippen LogP contribution < -0.4 is 21.0 Å². The summed E-state index contributed by atoms with van der Waals surface area (Å²) in [5, 5.41) is 8.87. The second-order valence-corrected chi connectivity index (χ2v) is 5.90. The van der Waals surface area contributed by atoms with Crippen LogP contribution in [0.15, 0.2) is 58.9 Å². The molecule has 144 valence electrons. The number of urea groups is 2. The van der Waals surface area contributed by atoms with Crippen LogP contribution in [0.25, 0.3) is 0 Å². The molecule has 0 saturated heterocycles. The summed E-state index contributed by atoms with van der Waals surface area (Å²) in [5.74, 6) is 1.13. The van der Waals surface area contributed by atoms with Crippen molar-refractivity contribution in [1.82, 2.24) is 26.3 Å². The molecular weight excluding hydrogens is 362 g/mol. The smallest absolute Gasteiger partial charge is 0.356 e. The van der Waals surface area contributed by atoms with E-state index in [1.54, 1.807) is 32.2 Å². The summed E-state index contributed by atoms with van der Waals surface area (Å²) < 4.78 is 5.63. The summed E-state index contributed by atoms with van der Waals surface area (Å²) in [4.78, 5) is 27.8. The van der Waals surface area contributed by atoms with E-state index in [2.05, 4.69) is 31.5 Å². The average Bonchev–Trinajstić information content (AvgIpc) is 2.70. The molecule has 0 aliphatic carbocycles. The number of carbonyl (C=O) groups excluding carboxylic acids is 2. The topological polar surface area (TPSA) is 120 Å². The maximum Gasteiger partial charge on any atom is 0.356 e. The molecular formula is C18H19N7O3. The van der Waals surface area contributed by atoms with Gasteiger partial charge in [-0.3, -0.25) is 0 Å². The maximum absolute atomic E-state index is 11.9. The third-order valence-electron chi connectivity index (χ3n) is 3.66. The van der Waals surface area contributed by atoms with Crippen LogP contribution in [0, 0.1) is 0 Å². The van der Waals surface area contributed by atoms with Crippen molar-refractivity contribution in [3.63, 3.8) is 0 Å². The van der Waals surface area contributed by atoms with Crippen molar-refractivity contribution in [2.75, 3.05) is 6.54 Å². The van der Waals surface area contributed by atoms with Crippen molar-refractivity contribution in [1.29, 1.82) is 0 Å². The molecule has 1 aromatic heterocycles. The van der Waals surface area contributed by atoms with Crippen LogP contribution in [0.2, 0.25) is 0 Å². The predicted molar refractivity (Wildman–Crippen MR) is 103 cm³/mol. The van der Waals surface area contributed by atoms with E-state index < -0.39 is 12.1 Å². The number of hydrogen-bond acceptors (Lipinski definition) is 6. The number of rotatable bonds is 5. The minimum atomic E-state index is -0.652. The van der Waals surface area contributed by atoms with Gasteiger partial charge >= 0.3 is 12.1 Å². The Kier molecular flexibility index (Phi) is 5.80. The molecule has 28 heavy (non-hydrogen) atoms. The fourth-order valence-corrected chi connectivity index (χ4v) is 2.24. The quantitative estimate of drug-likeness (QED) is 0.543. The minimum Gasteiger partial charge on any atom is -0.439 e. The number of nitrogens with zero attached hydrogens (tertiary/aromatic N) is 4. The van der Waals surface area contributed by atoms with Crippen LogP contribution in [0.1, 0.15) is 19.4 Å². The first-order valence-electron chi connectivity index (χ1n) is 8.42. The molecule has 0 spiro atoms. The summed E-state index contributed by atoms with van der Waals surface area (Å²) in [6, 6.07) is 11.6. The van der Waals surface area contributed by atoms with E-state index in [1.807, 2.05) is 30.3 Å². The van der Waals surface area contributed by atoms with Crippen molar-refractivity contribution < 1.29 is 14.3 Å². The predicted octanol–water partition coefficient (Wildman–Crippen LogP) is 2.21. The molecule has 3 rings (SSSR count). The largest absolute Gasteiger partial charge is 0.439 e. The molecule has 1 aromatic carbocycles. The second-order valence-electron chi connectivity index (χ2n) is 5.90. The summed E-state index contributed by atoms with van der Waals surface area (Å²) in [6.07, 6.45) is 1.59. The number of amides is 4. The lowest BCUT2D eigenvalue weighted by Gasteiger charge is -2.25. The van der Waals surface area contributed by atoms with Crippen LogP contribution in [0.4, 0.5) is 9.59 Å². The molecule has 0 fully saturated rings. The molecule has 0 unspecified atom stereocenters. The lowest BCUT2D eigenvalue weighted by molar-refractivity contribution is 0.173. The molecule has 10 heteroatoms. The van der Waals surface area contributed by atoms with Crippen molar-refractivity contribution in [2.45, 2.75) is 13.8 Å². The Hall–Kier alpha value is -3.95. The van der Waals surface area contributed by atoms with Gasteiger partial charge in [0.1, 0.15) is 5.75 Å². The average molecular weight is 381 g/mol. The van der Waals surface area contributed by atoms with E-state index in [9.17, 15) is 9.59 Å². The highest BCUT2D eigenvalue weighted by molar-refractivity contribution is 5.99. The molecule has 0 bridgehead atoms. The van der Waals surface area contributed by atoms with Crippen molar-refractivity contribution >= 4 is 23.5 Å². The Balaban J connectivity index is 1.55. The van der Waals surface area contributed by atoms with E-state index in [0.717, 1.165) is 5.01 Å². The Labute approximate surface area is 161 Å². The highest BCUT2D eigenvalue weighted by atomic mass is 16.5. The van der Waals surface area contributed by atoms with Gasteiger partial charge in [-0.15, -0.1) is 0 Å². The molecule has 0 atom stereocenters. The second kappa shape index (κ2) is 8.62. The maximum atomic E-state index is 11.9. The zero-order valence-corrected chi connectivity index (χ0v) is 15.3. The Bertz CT molecular complexity index is 911. The number of benzene rings is 1. The van der Waals surface area contributed by atoms with Crippen LogP contribution >= 0.6 is 0 Å². The SMILES string of the molecule is CC1=NNC(=O)N(NC(=O)N/N=C(\C)c2ccc(Oc3ccccc3)nc2)C1. The van der Waals surface area contributed by atoms with E-state index in [1.165, 1.54) is 0 Å². The molecule has 2 heterocycles. The molecule has 1 aliphatic rings. The fourth-order valence-electron chi connectivity index (χ4n) is 2.24. The number of hydrogen-bond donors (Lipinski definition) is 3. The zero-order valence-electron chi connectivity index (χ0n) is 15.3. The van der Waals surface area contributed by atoms with Gasteiger partial charge in [-0.2, -0.15) is 10.2 Å². The molecule has 3 N–H and O–H groups in total. The lowest BCUT2D eigenvalue weighted by Crippen LogP contribution is -2.56. The Morgan fingerprint density at radius 3 is 2.75 bits per heavy atom. The Morgan fingerprint density at radius 2 is 2.04 bits per heavy atom. The Morgan fingerprint density at radius 1 is 1.25 bits per heavy atom. The monoisotopic (exact) mass is 381 g/mol. The van der Waals surface area contributed by atoms with Crippen LogP contribution in [-0.4, -0.2) is 40.0 Å². The first-order chi connectivity index (χ1) is 13.5. The molecule has 0 saturated carbocycles. The normalized spacial score (nSPS) is 14.1. The third kappa shape index (κ3) is 5.04. The highest BCUT2D eigenvalue weighted by Gasteiger charge is 2.20. The molecule has 2 aromatic rings. The summed E-state index contributed by atoms with van der Waals surface area (Å²) in [6.45, 7) is 3.64. The van der Waals surface area contributed by atoms with Crippen LogP contribution in [0.5, 0.6) is 11.6 Å². The number of hydrazine groups is 1. The number of para-hydroxylation sites is 1. The van der Waals surface area contributed by atoms with E-state index in [-0.39, 0.29) is 6.54 Å². The van der Waals surface area contributed by atoms with Gasteiger partial charge in [0.05, 0.1) is 18.0 Å². The first kappa shape index (κ1) is 18.8.